The van der Waals surface area contributed by atoms with Gasteiger partial charge in [0.25, 0.3) is 0 Å². The number of phenolic OH excluding ortho intramolecular Hbond substituents is 4. The Labute approximate surface area is 269 Å². The average Bonchev–Trinajstić information content (AvgIpc) is 3.04. The molecule has 0 aromatic heterocycles. The van der Waals surface area contributed by atoms with Crippen LogP contribution in [0.4, 0.5) is 0 Å². The highest BCUT2D eigenvalue weighted by atomic mass is 16.7. The first kappa shape index (κ1) is 36.3. The lowest BCUT2D eigenvalue weighted by Gasteiger charge is -2.46. The highest BCUT2D eigenvalue weighted by Crippen LogP contribution is 2.34. The van der Waals surface area contributed by atoms with E-state index >= 15 is 0 Å². The Morgan fingerprint density at radius 1 is 0.851 bits per heavy atom. The van der Waals surface area contributed by atoms with Gasteiger partial charge in [0.2, 0.25) is 0 Å². The lowest BCUT2D eigenvalue weighted by molar-refractivity contribution is -0.359. The van der Waals surface area contributed by atoms with Crippen LogP contribution in [0.5, 0.6) is 23.0 Å². The number of ether oxygens (including phenoxy) is 6. The number of aromatic hydroxyl groups is 4. The molecule has 2 aromatic rings. The minimum absolute atomic E-state index is 0.216. The summed E-state index contributed by atoms with van der Waals surface area (Å²) in [6, 6.07) is 7.83. The minimum atomic E-state index is -1.80. The van der Waals surface area contributed by atoms with Crippen molar-refractivity contribution in [3.8, 4) is 23.0 Å². The summed E-state index contributed by atoms with van der Waals surface area (Å²) in [5.41, 5.74) is 0.739. The van der Waals surface area contributed by atoms with E-state index in [-0.39, 0.29) is 24.7 Å². The van der Waals surface area contributed by atoms with Gasteiger partial charge in [-0.1, -0.05) is 12.1 Å². The van der Waals surface area contributed by atoms with Crippen molar-refractivity contribution in [2.24, 2.45) is 0 Å². The Bertz CT molecular complexity index is 1370. The van der Waals surface area contributed by atoms with Gasteiger partial charge < -0.3 is 74.4 Å². The van der Waals surface area contributed by atoms with Crippen LogP contribution in [0.1, 0.15) is 31.1 Å². The first-order chi connectivity index (χ1) is 22.3. The molecule has 16 heteroatoms. The maximum absolute atomic E-state index is 12.9. The SMILES string of the molecule is CCOC(CO[C@@H]1O[C@H](CO)[C@@H](OC(=O)/C=C/c2ccc(O)c(O)c2)[C@H](O[C@@H]2O[C@@H](C)[C@H](O)[C@@H](O)[C@H]2O)[C@H]1O)c1ccc(O)c(O)c1. The summed E-state index contributed by atoms with van der Waals surface area (Å²) in [4.78, 5) is 12.9. The van der Waals surface area contributed by atoms with Gasteiger partial charge in [-0.25, -0.2) is 4.79 Å². The third-order valence-electron chi connectivity index (χ3n) is 7.71. The zero-order valence-electron chi connectivity index (χ0n) is 25.5. The van der Waals surface area contributed by atoms with Crippen molar-refractivity contribution in [1.82, 2.24) is 0 Å². The summed E-state index contributed by atoms with van der Waals surface area (Å²) in [6.07, 6.45) is -14.1. The van der Waals surface area contributed by atoms with E-state index in [2.05, 4.69) is 0 Å². The van der Waals surface area contributed by atoms with Crippen LogP contribution in [0.3, 0.4) is 0 Å². The van der Waals surface area contributed by atoms with Crippen molar-refractivity contribution in [3.63, 3.8) is 0 Å². The Balaban J connectivity index is 1.57. The van der Waals surface area contributed by atoms with Gasteiger partial charge in [-0.05, 0) is 55.3 Å². The van der Waals surface area contributed by atoms with Gasteiger partial charge in [-0.3, -0.25) is 0 Å². The number of esters is 1. The van der Waals surface area contributed by atoms with Gasteiger partial charge in [0, 0.05) is 12.7 Å². The van der Waals surface area contributed by atoms with Crippen LogP contribution in [-0.2, 0) is 33.2 Å². The fourth-order valence-electron chi connectivity index (χ4n) is 5.10. The topological polar surface area (TPSA) is 255 Å². The van der Waals surface area contributed by atoms with Crippen LogP contribution < -0.4 is 0 Å². The number of phenols is 4. The van der Waals surface area contributed by atoms with E-state index < -0.39 is 91.6 Å². The molecule has 4 rings (SSSR count). The molecule has 2 heterocycles. The molecular formula is C31H40O16. The van der Waals surface area contributed by atoms with Gasteiger partial charge in [-0.15, -0.1) is 0 Å². The van der Waals surface area contributed by atoms with E-state index in [1.165, 1.54) is 49.4 Å². The predicted molar refractivity (Wildman–Crippen MR) is 158 cm³/mol. The lowest BCUT2D eigenvalue weighted by Crippen LogP contribution is -2.65. The number of carbonyl (C=O) groups excluding carboxylic acids is 1. The average molecular weight is 669 g/mol. The minimum Gasteiger partial charge on any atom is -0.504 e. The molecule has 47 heavy (non-hydrogen) atoms. The smallest absolute Gasteiger partial charge is 0.331 e. The normalized spacial score (nSPS) is 31.9. The number of benzene rings is 2. The summed E-state index contributed by atoms with van der Waals surface area (Å²) in [5.74, 6) is -2.54. The highest BCUT2D eigenvalue weighted by molar-refractivity contribution is 5.87. The molecule has 11 atom stereocenters. The molecule has 0 spiro atoms. The summed E-state index contributed by atoms with van der Waals surface area (Å²) in [7, 11) is 0. The van der Waals surface area contributed by atoms with Crippen molar-refractivity contribution in [3.05, 3.63) is 53.6 Å². The number of hydrogen-bond donors (Lipinski definition) is 9. The van der Waals surface area contributed by atoms with Gasteiger partial charge in [-0.2, -0.15) is 0 Å². The molecule has 0 saturated carbocycles. The Hall–Kier alpha value is -3.55. The van der Waals surface area contributed by atoms with Crippen molar-refractivity contribution in [2.75, 3.05) is 19.8 Å². The molecule has 0 radical (unpaired) electrons. The highest BCUT2D eigenvalue weighted by Gasteiger charge is 2.52. The van der Waals surface area contributed by atoms with Crippen molar-refractivity contribution < 1.29 is 79.2 Å². The molecule has 2 aromatic carbocycles. The second-order valence-corrected chi connectivity index (χ2v) is 11.0. The van der Waals surface area contributed by atoms with Gasteiger partial charge in [0.05, 0.1) is 19.3 Å². The standard InChI is InChI=1S/C31H40O16/c1-3-42-22(16-6-8-18(34)20(36)11-16)13-43-30-27(41)29(47-31-26(40)25(39)24(38)14(2)44-31)28(21(12-32)45-30)46-23(37)9-5-15-4-7-17(33)19(35)10-15/h4-11,14,21-22,24-36,38-41H,3,12-13H2,1-2H3/b9-5+/t14-,21+,22?,24-,25+,26+,27+,28+,29+,30+,31-/m0/s1. The molecule has 0 aliphatic carbocycles. The molecule has 1 unspecified atom stereocenters. The number of carbonyl (C=O) groups is 1. The predicted octanol–water partition coefficient (Wildman–Crippen LogP) is -0.481. The molecule has 9 N–H and O–H groups in total. The van der Waals surface area contributed by atoms with E-state index in [1.54, 1.807) is 6.92 Å². The van der Waals surface area contributed by atoms with Crippen LogP contribution in [0, 0.1) is 0 Å². The van der Waals surface area contributed by atoms with Crippen LogP contribution in [-0.4, -0.2) is 133 Å². The van der Waals surface area contributed by atoms with E-state index in [0.717, 1.165) is 6.08 Å². The molecule has 2 saturated heterocycles. The molecular weight excluding hydrogens is 628 g/mol. The Morgan fingerprint density at radius 3 is 2.17 bits per heavy atom. The van der Waals surface area contributed by atoms with Crippen LogP contribution in [0.2, 0.25) is 0 Å². The zero-order chi connectivity index (χ0) is 34.4. The number of aliphatic hydroxyl groups excluding tert-OH is 5. The first-order valence-electron chi connectivity index (χ1n) is 14.8. The third-order valence-corrected chi connectivity index (χ3v) is 7.71. The molecule has 2 aliphatic rings. The summed E-state index contributed by atoms with van der Waals surface area (Å²) < 4.78 is 34.2. The largest absolute Gasteiger partial charge is 0.504 e. The van der Waals surface area contributed by atoms with Gasteiger partial charge >= 0.3 is 5.97 Å². The van der Waals surface area contributed by atoms with Crippen LogP contribution >= 0.6 is 0 Å². The van der Waals surface area contributed by atoms with E-state index in [1.807, 2.05) is 0 Å². The summed E-state index contributed by atoms with van der Waals surface area (Å²) >= 11 is 0. The number of hydrogen-bond acceptors (Lipinski definition) is 16. The van der Waals surface area contributed by atoms with Crippen molar-refractivity contribution in [2.45, 2.75) is 81.4 Å². The van der Waals surface area contributed by atoms with Crippen LogP contribution in [0.15, 0.2) is 42.5 Å². The monoisotopic (exact) mass is 668 g/mol. The summed E-state index contributed by atoms with van der Waals surface area (Å²) in [6.45, 7) is 2.30. The summed E-state index contributed by atoms with van der Waals surface area (Å²) in [5, 5.41) is 91.5. The number of rotatable bonds is 12. The molecule has 2 fully saturated rings. The second kappa shape index (κ2) is 16.0. The first-order valence-corrected chi connectivity index (χ1v) is 14.8. The van der Waals surface area contributed by atoms with E-state index in [9.17, 15) is 50.8 Å². The zero-order valence-corrected chi connectivity index (χ0v) is 25.5. The molecule has 16 nitrogen and oxygen atoms in total. The quantitative estimate of drug-likeness (QED) is 0.0786. The number of aliphatic hydroxyl groups is 5. The molecule has 2 aliphatic heterocycles. The fourth-order valence-corrected chi connectivity index (χ4v) is 5.10. The van der Waals surface area contributed by atoms with Crippen molar-refractivity contribution >= 4 is 12.0 Å². The second-order valence-electron chi connectivity index (χ2n) is 11.0. The lowest BCUT2D eigenvalue weighted by atomic mass is 9.97. The maximum Gasteiger partial charge on any atom is 0.331 e. The van der Waals surface area contributed by atoms with E-state index in [0.29, 0.717) is 11.1 Å². The maximum atomic E-state index is 12.9. The molecule has 260 valence electrons. The van der Waals surface area contributed by atoms with Gasteiger partial charge in [0.1, 0.15) is 42.7 Å². The van der Waals surface area contributed by atoms with Crippen molar-refractivity contribution in [1.29, 1.82) is 0 Å². The van der Waals surface area contributed by atoms with E-state index in [4.69, 9.17) is 28.4 Å². The Morgan fingerprint density at radius 2 is 1.53 bits per heavy atom. The molecule has 0 bridgehead atoms. The van der Waals surface area contributed by atoms with Gasteiger partial charge in [0.15, 0.2) is 41.7 Å². The van der Waals surface area contributed by atoms with Crippen LogP contribution in [0.25, 0.3) is 6.08 Å². The Kier molecular flexibility index (Phi) is 12.4. The molecule has 0 amide bonds. The fraction of sp³-hybridized carbons (Fsp3) is 0.516. The third kappa shape index (κ3) is 8.68.